The largest absolute Gasteiger partial charge is 0.368 e. The van der Waals surface area contributed by atoms with Crippen molar-refractivity contribution in [2.45, 2.75) is 13.8 Å². The Morgan fingerprint density at radius 3 is 2.15 bits per heavy atom. The molecule has 2 fully saturated rings. The van der Waals surface area contributed by atoms with E-state index >= 15 is 0 Å². The first kappa shape index (κ1) is 31.1. The molecule has 4 heterocycles. The van der Waals surface area contributed by atoms with Crippen LogP contribution >= 0.6 is 24.0 Å². The van der Waals surface area contributed by atoms with Gasteiger partial charge in [-0.25, -0.2) is 9.07 Å². The van der Waals surface area contributed by atoms with Crippen molar-refractivity contribution in [3.8, 4) is 11.8 Å². The van der Waals surface area contributed by atoms with E-state index in [1.165, 1.54) is 26.3 Å². The summed E-state index contributed by atoms with van der Waals surface area (Å²) in [4.78, 5) is 46.8. The van der Waals surface area contributed by atoms with E-state index in [0.717, 1.165) is 17.4 Å². The maximum atomic E-state index is 14.0. The van der Waals surface area contributed by atoms with Gasteiger partial charge >= 0.3 is 0 Å². The summed E-state index contributed by atoms with van der Waals surface area (Å²) in [5.41, 5.74) is 2.48. The average Bonchev–Trinajstić information content (AvgIpc) is 3.45. The molecule has 0 spiro atoms. The van der Waals surface area contributed by atoms with Gasteiger partial charge in [0.2, 0.25) is 0 Å². The smallest absolute Gasteiger partial charge is 0.296 e. The number of nitrogens with zero attached hydrogens (tertiary/aromatic N) is 7. The van der Waals surface area contributed by atoms with Crippen molar-refractivity contribution in [1.82, 2.24) is 13.9 Å². The van der Waals surface area contributed by atoms with Crippen LogP contribution in [0.4, 0.5) is 21.6 Å². The second-order valence-electron chi connectivity index (χ2n) is 11.1. The Labute approximate surface area is 274 Å². The third-order valence-corrected chi connectivity index (χ3v) is 9.86. The quantitative estimate of drug-likeness (QED) is 0.233. The van der Waals surface area contributed by atoms with E-state index in [9.17, 15) is 24.0 Å². The van der Waals surface area contributed by atoms with Crippen LogP contribution in [0, 0.1) is 31.0 Å². The number of aromatic nitrogens is 3. The van der Waals surface area contributed by atoms with Gasteiger partial charge in [-0.3, -0.25) is 28.5 Å². The molecule has 46 heavy (non-hydrogen) atoms. The van der Waals surface area contributed by atoms with Crippen molar-refractivity contribution in [3.05, 3.63) is 108 Å². The topological polar surface area (TPSA) is 99.5 Å². The summed E-state index contributed by atoms with van der Waals surface area (Å²) in [6.07, 6.45) is 1.67. The van der Waals surface area contributed by atoms with Gasteiger partial charge in [0.05, 0.1) is 16.3 Å². The standard InChI is InChI=1S/C33H30FN7O3S2/c1-20-25(29(36(3)30(42)26(20)19-35)39-16-14-38(15-17-39)23-12-10-22(34)11-13-23)18-27-31(43)40(33(45)46-27)28-21(2)37(4)41(32(28)44)24-8-6-5-7-9-24/h5-13,18H,14-17H2,1-4H3/b27-18-. The highest BCUT2D eigenvalue weighted by Crippen LogP contribution is 2.38. The lowest BCUT2D eigenvalue weighted by molar-refractivity contribution is -0.113. The van der Waals surface area contributed by atoms with Gasteiger partial charge in [-0.05, 0) is 61.9 Å². The Bertz CT molecular complexity index is 2080. The number of halogens is 1. The normalized spacial score (nSPS) is 16.1. The fourth-order valence-corrected chi connectivity index (χ4v) is 7.28. The number of thiocarbonyl (C=S) groups is 1. The number of pyridine rings is 1. The highest BCUT2D eigenvalue weighted by Gasteiger charge is 2.38. The van der Waals surface area contributed by atoms with E-state index in [0.29, 0.717) is 54.5 Å². The molecule has 10 nitrogen and oxygen atoms in total. The summed E-state index contributed by atoms with van der Waals surface area (Å²) < 4.78 is 18.3. The van der Waals surface area contributed by atoms with Gasteiger partial charge in [0, 0.05) is 51.5 Å². The average molecular weight is 656 g/mol. The summed E-state index contributed by atoms with van der Waals surface area (Å²) in [7, 11) is 3.37. The van der Waals surface area contributed by atoms with Crippen molar-refractivity contribution < 1.29 is 9.18 Å². The Hall–Kier alpha value is -4.93. The van der Waals surface area contributed by atoms with E-state index in [4.69, 9.17) is 12.2 Å². The van der Waals surface area contributed by atoms with Crippen LogP contribution in [-0.2, 0) is 18.9 Å². The molecule has 234 valence electrons. The lowest BCUT2D eigenvalue weighted by Gasteiger charge is -2.38. The first-order valence-electron chi connectivity index (χ1n) is 14.5. The lowest BCUT2D eigenvalue weighted by atomic mass is 10.0. The first-order chi connectivity index (χ1) is 22.0. The predicted molar refractivity (Wildman–Crippen MR) is 183 cm³/mol. The van der Waals surface area contributed by atoms with Crippen LogP contribution < -0.4 is 25.8 Å². The van der Waals surface area contributed by atoms with Crippen molar-refractivity contribution in [3.63, 3.8) is 0 Å². The second kappa shape index (κ2) is 12.1. The molecule has 4 aromatic rings. The zero-order valence-electron chi connectivity index (χ0n) is 25.7. The molecule has 0 bridgehead atoms. The van der Waals surface area contributed by atoms with Gasteiger partial charge < -0.3 is 9.80 Å². The van der Waals surface area contributed by atoms with Crippen molar-refractivity contribution >= 4 is 57.5 Å². The Morgan fingerprint density at radius 2 is 1.52 bits per heavy atom. The minimum atomic E-state index is -0.458. The van der Waals surface area contributed by atoms with Crippen LogP contribution in [0.25, 0.3) is 11.8 Å². The third kappa shape index (κ3) is 5.13. The number of anilines is 3. The molecule has 0 atom stereocenters. The number of hydrogen-bond donors (Lipinski definition) is 0. The number of carbonyl (C=O) groups excluding carboxylic acids is 1. The van der Waals surface area contributed by atoms with Crippen molar-refractivity contribution in [1.29, 1.82) is 5.26 Å². The first-order valence-corrected chi connectivity index (χ1v) is 15.8. The van der Waals surface area contributed by atoms with Crippen LogP contribution in [0.1, 0.15) is 22.4 Å². The molecule has 13 heteroatoms. The molecule has 2 aliphatic heterocycles. The van der Waals surface area contributed by atoms with E-state index in [-0.39, 0.29) is 31.9 Å². The fraction of sp³-hybridized carbons (Fsp3) is 0.242. The van der Waals surface area contributed by atoms with Gasteiger partial charge in [-0.15, -0.1) is 0 Å². The maximum Gasteiger partial charge on any atom is 0.296 e. The number of piperazine rings is 1. The number of nitriles is 1. The predicted octanol–water partition coefficient (Wildman–Crippen LogP) is 4.23. The molecule has 2 saturated heterocycles. The number of benzene rings is 2. The maximum absolute atomic E-state index is 14.0. The summed E-state index contributed by atoms with van der Waals surface area (Å²) in [6, 6.07) is 17.5. The molecule has 2 aliphatic rings. The van der Waals surface area contributed by atoms with Gasteiger partial charge in [-0.1, -0.05) is 42.2 Å². The van der Waals surface area contributed by atoms with Gasteiger partial charge in [0.15, 0.2) is 4.32 Å². The lowest BCUT2D eigenvalue weighted by Crippen LogP contribution is -2.48. The number of carbonyl (C=O) groups is 1. The number of thioether (sulfide) groups is 1. The Kier molecular flexibility index (Phi) is 8.18. The second-order valence-corrected chi connectivity index (χ2v) is 12.8. The zero-order chi connectivity index (χ0) is 32.9. The van der Waals surface area contributed by atoms with Crippen LogP contribution in [-0.4, -0.2) is 50.3 Å². The molecular weight excluding hydrogens is 626 g/mol. The monoisotopic (exact) mass is 655 g/mol. The molecule has 0 radical (unpaired) electrons. The molecule has 2 aromatic carbocycles. The van der Waals surface area contributed by atoms with E-state index in [1.54, 1.807) is 50.8 Å². The molecular formula is C33H30FN7O3S2. The number of hydrogen-bond acceptors (Lipinski definition) is 8. The number of amides is 1. The van der Waals surface area contributed by atoms with Gasteiger partial charge in [0.25, 0.3) is 17.0 Å². The molecule has 0 N–H and O–H groups in total. The van der Waals surface area contributed by atoms with Gasteiger partial charge in [0.1, 0.15) is 29.0 Å². The molecule has 0 aliphatic carbocycles. The van der Waals surface area contributed by atoms with Crippen molar-refractivity contribution in [2.75, 3.05) is 40.9 Å². The Balaban J connectivity index is 1.39. The summed E-state index contributed by atoms with van der Waals surface area (Å²) in [5, 5.41) is 9.89. The molecule has 0 unspecified atom stereocenters. The third-order valence-electron chi connectivity index (χ3n) is 8.56. The van der Waals surface area contributed by atoms with Crippen LogP contribution in [0.2, 0.25) is 0 Å². The molecule has 1 amide bonds. The zero-order valence-corrected chi connectivity index (χ0v) is 27.3. The molecule has 6 rings (SSSR count). The van der Waals surface area contributed by atoms with E-state index in [2.05, 4.69) is 9.80 Å². The van der Waals surface area contributed by atoms with Crippen LogP contribution in [0.5, 0.6) is 0 Å². The Morgan fingerprint density at radius 1 is 0.891 bits per heavy atom. The van der Waals surface area contributed by atoms with Crippen LogP contribution in [0.3, 0.4) is 0 Å². The summed E-state index contributed by atoms with van der Waals surface area (Å²) >= 11 is 6.73. The minimum Gasteiger partial charge on any atom is -0.368 e. The van der Waals surface area contributed by atoms with E-state index < -0.39 is 11.5 Å². The number of rotatable bonds is 5. The molecule has 2 aromatic heterocycles. The van der Waals surface area contributed by atoms with Crippen molar-refractivity contribution in [2.24, 2.45) is 14.1 Å². The van der Waals surface area contributed by atoms with Gasteiger partial charge in [-0.2, -0.15) is 5.26 Å². The highest BCUT2D eigenvalue weighted by molar-refractivity contribution is 8.27. The fourth-order valence-electron chi connectivity index (χ4n) is 6.03. The minimum absolute atomic E-state index is 0.0115. The van der Waals surface area contributed by atoms with Crippen LogP contribution in [0.15, 0.2) is 69.1 Å². The highest BCUT2D eigenvalue weighted by atomic mass is 32.2. The molecule has 0 saturated carbocycles. The van der Waals surface area contributed by atoms with E-state index in [1.807, 2.05) is 36.4 Å². The SMILES string of the molecule is Cc1c(/C=C2\SC(=S)N(c3c(C)n(C)n(-c4ccccc4)c3=O)C2=O)c(N2CCN(c3ccc(F)cc3)CC2)n(C)c(=O)c1C#N. The summed E-state index contributed by atoms with van der Waals surface area (Å²) in [6.45, 7) is 5.77. The number of para-hydroxylation sites is 1. The summed E-state index contributed by atoms with van der Waals surface area (Å²) in [5.74, 6) is -0.183.